The zero-order valence-electron chi connectivity index (χ0n) is 11.9. The first kappa shape index (κ1) is 14.8. The minimum Gasteiger partial charge on any atom is -0.507 e. The number of para-hydroxylation sites is 1. The molecule has 0 bridgehead atoms. The Balaban J connectivity index is 2.02. The molecule has 0 saturated carbocycles. The fraction of sp³-hybridized carbons (Fsp3) is 0.176. The molecule has 0 unspecified atom stereocenters. The van der Waals surface area contributed by atoms with Crippen LogP contribution in [-0.4, -0.2) is 23.5 Å². The minimum atomic E-state index is -0.711. The van der Waals surface area contributed by atoms with Crippen molar-refractivity contribution in [3.8, 4) is 5.75 Å². The number of carbonyl (C=O) groups is 2. The first-order chi connectivity index (χ1) is 9.99. The zero-order valence-corrected chi connectivity index (χ0v) is 11.9. The van der Waals surface area contributed by atoms with Crippen LogP contribution in [0.1, 0.15) is 31.8 Å². The van der Waals surface area contributed by atoms with Crippen LogP contribution < -0.4 is 0 Å². The van der Waals surface area contributed by atoms with Crippen LogP contribution in [0.3, 0.4) is 0 Å². The molecule has 0 amide bonds. The largest absolute Gasteiger partial charge is 0.507 e. The van der Waals surface area contributed by atoms with Crippen molar-refractivity contribution < 1.29 is 19.4 Å². The van der Waals surface area contributed by atoms with E-state index in [0.29, 0.717) is 11.1 Å². The third-order valence-corrected chi connectivity index (χ3v) is 3.17. The molecular weight excluding hydrogens is 268 g/mol. The van der Waals surface area contributed by atoms with Gasteiger partial charge in [-0.3, -0.25) is 4.79 Å². The molecule has 2 aromatic rings. The molecule has 2 aromatic carbocycles. The van der Waals surface area contributed by atoms with Crippen molar-refractivity contribution in [3.05, 3.63) is 64.7 Å². The van der Waals surface area contributed by atoms with Gasteiger partial charge in [-0.1, -0.05) is 42.0 Å². The summed E-state index contributed by atoms with van der Waals surface area (Å²) < 4.78 is 4.96. The predicted molar refractivity (Wildman–Crippen MR) is 78.6 cm³/mol. The Morgan fingerprint density at radius 2 is 1.71 bits per heavy atom. The molecule has 0 atom stereocenters. The number of Topliss-reactive ketones (excluding diaryl/α,β-unsaturated/α-hetero) is 1. The van der Waals surface area contributed by atoms with E-state index in [2.05, 4.69) is 0 Å². The first-order valence-electron chi connectivity index (χ1n) is 6.54. The highest BCUT2D eigenvalue weighted by Crippen LogP contribution is 2.22. The first-order valence-corrected chi connectivity index (χ1v) is 6.54. The van der Waals surface area contributed by atoms with Crippen molar-refractivity contribution in [1.29, 1.82) is 0 Å². The van der Waals surface area contributed by atoms with Gasteiger partial charge in [0.25, 0.3) is 0 Å². The quantitative estimate of drug-likeness (QED) is 0.692. The van der Waals surface area contributed by atoms with Gasteiger partial charge in [-0.25, -0.2) is 4.79 Å². The van der Waals surface area contributed by atoms with Gasteiger partial charge in [-0.05, 0) is 25.5 Å². The maximum Gasteiger partial charge on any atom is 0.342 e. The predicted octanol–water partition coefficient (Wildman–Crippen LogP) is 3.05. The van der Waals surface area contributed by atoms with E-state index in [1.807, 2.05) is 19.1 Å². The van der Waals surface area contributed by atoms with E-state index in [9.17, 15) is 14.7 Å². The number of aromatic hydroxyl groups is 1. The summed E-state index contributed by atoms with van der Waals surface area (Å²) in [5.74, 6) is -1.11. The second-order valence-corrected chi connectivity index (χ2v) is 4.84. The highest BCUT2D eigenvalue weighted by Gasteiger charge is 2.16. The van der Waals surface area contributed by atoms with Crippen molar-refractivity contribution >= 4 is 11.8 Å². The Morgan fingerprint density at radius 1 is 1.05 bits per heavy atom. The lowest BCUT2D eigenvalue weighted by Crippen LogP contribution is -2.14. The van der Waals surface area contributed by atoms with Gasteiger partial charge in [0.05, 0.1) is 0 Å². The lowest BCUT2D eigenvalue weighted by molar-refractivity contribution is 0.0471. The Hall–Kier alpha value is -2.62. The lowest BCUT2D eigenvalue weighted by atomic mass is 10.1. The van der Waals surface area contributed by atoms with Gasteiger partial charge in [-0.2, -0.15) is 0 Å². The number of benzene rings is 2. The number of ketones is 1. The normalized spacial score (nSPS) is 10.2. The summed E-state index contributed by atoms with van der Waals surface area (Å²) in [6.07, 6.45) is 0. The van der Waals surface area contributed by atoms with E-state index >= 15 is 0 Å². The lowest BCUT2D eigenvalue weighted by Gasteiger charge is -2.07. The van der Waals surface area contributed by atoms with Crippen LogP contribution in [0.5, 0.6) is 5.75 Å². The molecule has 21 heavy (non-hydrogen) atoms. The maximum atomic E-state index is 11.9. The minimum absolute atomic E-state index is 0.0618. The number of hydrogen-bond acceptors (Lipinski definition) is 4. The molecule has 0 radical (unpaired) electrons. The number of phenols is 1. The summed E-state index contributed by atoms with van der Waals surface area (Å²) >= 11 is 0. The summed E-state index contributed by atoms with van der Waals surface area (Å²) in [5, 5.41) is 9.80. The van der Waals surface area contributed by atoms with E-state index < -0.39 is 5.97 Å². The molecule has 0 aliphatic rings. The topological polar surface area (TPSA) is 63.6 Å². The highest BCUT2D eigenvalue weighted by atomic mass is 16.5. The number of carbonyl (C=O) groups excluding carboxylic acids is 2. The fourth-order valence-corrected chi connectivity index (χ4v) is 1.86. The molecule has 2 rings (SSSR count). The van der Waals surface area contributed by atoms with Crippen LogP contribution in [-0.2, 0) is 4.74 Å². The average Bonchev–Trinajstić information content (AvgIpc) is 2.48. The second-order valence-electron chi connectivity index (χ2n) is 4.84. The monoisotopic (exact) mass is 284 g/mol. The molecule has 1 N–H and O–H groups in total. The third-order valence-electron chi connectivity index (χ3n) is 3.17. The summed E-state index contributed by atoms with van der Waals surface area (Å²) in [6.45, 7) is 3.26. The second kappa shape index (κ2) is 6.22. The Kier molecular flexibility index (Phi) is 4.38. The molecular formula is C17H16O4. The molecule has 108 valence electrons. The van der Waals surface area contributed by atoms with Gasteiger partial charge in [0.2, 0.25) is 0 Å². The zero-order chi connectivity index (χ0) is 15.4. The molecule has 0 heterocycles. The van der Waals surface area contributed by atoms with Crippen LogP contribution in [0.4, 0.5) is 0 Å². The number of esters is 1. The number of phenolic OH excluding ortho intramolecular Hbond substituents is 1. The van der Waals surface area contributed by atoms with Gasteiger partial charge >= 0.3 is 5.97 Å². The number of rotatable bonds is 4. The van der Waals surface area contributed by atoms with Crippen molar-refractivity contribution in [2.45, 2.75) is 13.8 Å². The molecule has 0 aliphatic carbocycles. The van der Waals surface area contributed by atoms with Crippen LogP contribution in [0.2, 0.25) is 0 Å². The van der Waals surface area contributed by atoms with Gasteiger partial charge in [0, 0.05) is 5.56 Å². The standard InChI is InChI=1S/C17H16O4/c1-11-6-8-13(9-7-11)15(18)10-21-17(20)14-5-3-4-12(2)16(14)19/h3-9,19H,10H2,1-2H3. The molecule has 0 aliphatic heterocycles. The highest BCUT2D eigenvalue weighted by molar-refractivity contribution is 6.00. The van der Waals surface area contributed by atoms with Crippen LogP contribution >= 0.6 is 0 Å². The molecule has 0 fully saturated rings. The van der Waals surface area contributed by atoms with Gasteiger partial charge < -0.3 is 9.84 Å². The SMILES string of the molecule is Cc1ccc(C(=O)COC(=O)c2cccc(C)c2O)cc1. The van der Waals surface area contributed by atoms with Crippen molar-refractivity contribution in [1.82, 2.24) is 0 Å². The molecule has 4 heteroatoms. The van der Waals surface area contributed by atoms with Crippen LogP contribution in [0, 0.1) is 13.8 Å². The van der Waals surface area contributed by atoms with Gasteiger partial charge in [0.1, 0.15) is 11.3 Å². The Labute approximate surface area is 123 Å². The van der Waals surface area contributed by atoms with E-state index in [1.165, 1.54) is 6.07 Å². The average molecular weight is 284 g/mol. The summed E-state index contributed by atoms with van der Waals surface area (Å²) in [4.78, 5) is 23.8. The number of hydrogen-bond donors (Lipinski definition) is 1. The van der Waals surface area contributed by atoms with E-state index in [0.717, 1.165) is 5.56 Å². The van der Waals surface area contributed by atoms with E-state index in [-0.39, 0.29) is 23.7 Å². The summed E-state index contributed by atoms with van der Waals surface area (Å²) in [5.41, 5.74) is 2.18. The van der Waals surface area contributed by atoms with Crippen LogP contribution in [0.15, 0.2) is 42.5 Å². The van der Waals surface area contributed by atoms with E-state index in [1.54, 1.807) is 31.2 Å². The molecule has 4 nitrogen and oxygen atoms in total. The van der Waals surface area contributed by atoms with Crippen molar-refractivity contribution in [2.24, 2.45) is 0 Å². The Bertz CT molecular complexity index is 672. The summed E-state index contributed by atoms with van der Waals surface area (Å²) in [6, 6.07) is 11.8. The fourth-order valence-electron chi connectivity index (χ4n) is 1.86. The molecule has 0 aromatic heterocycles. The van der Waals surface area contributed by atoms with Gasteiger partial charge in [0.15, 0.2) is 12.4 Å². The van der Waals surface area contributed by atoms with E-state index in [4.69, 9.17) is 4.74 Å². The van der Waals surface area contributed by atoms with Crippen molar-refractivity contribution in [2.75, 3.05) is 6.61 Å². The maximum absolute atomic E-state index is 11.9. The van der Waals surface area contributed by atoms with Gasteiger partial charge in [-0.15, -0.1) is 0 Å². The third kappa shape index (κ3) is 3.48. The molecule has 0 saturated heterocycles. The Morgan fingerprint density at radius 3 is 2.38 bits per heavy atom. The van der Waals surface area contributed by atoms with Crippen LogP contribution in [0.25, 0.3) is 0 Å². The molecule has 0 spiro atoms. The smallest absolute Gasteiger partial charge is 0.342 e. The number of aryl methyl sites for hydroxylation is 2. The number of ether oxygens (including phenoxy) is 1. The summed E-state index contributed by atoms with van der Waals surface area (Å²) in [7, 11) is 0. The van der Waals surface area contributed by atoms with Crippen molar-refractivity contribution in [3.63, 3.8) is 0 Å².